The molecule has 1 N–H and O–H groups in total. The number of nitrogens with zero attached hydrogens (tertiary/aromatic N) is 1. The van der Waals surface area contributed by atoms with Crippen LogP contribution in [0, 0.1) is 11.3 Å². The molecular weight excluding hydrogens is 184 g/mol. The lowest BCUT2D eigenvalue weighted by Crippen LogP contribution is -2.16. The predicted octanol–water partition coefficient (Wildman–Crippen LogP) is 0.819. The molecule has 0 amide bonds. The van der Waals surface area contributed by atoms with Gasteiger partial charge in [0.05, 0.1) is 19.8 Å². The third-order valence-electron chi connectivity index (χ3n) is 1.51. The highest BCUT2D eigenvalue weighted by Gasteiger charge is 1.99. The third kappa shape index (κ3) is 3.58. The molecule has 76 valence electrons. The second-order valence-corrected chi connectivity index (χ2v) is 2.54. The second kappa shape index (κ2) is 6.16. The van der Waals surface area contributed by atoms with Gasteiger partial charge in [0.15, 0.2) is 0 Å². The molecule has 5 heteroatoms. The lowest BCUT2D eigenvalue weighted by Gasteiger charge is -2.02. The number of hydrogen-bond donors (Lipinski definition) is 1. The Balaban J connectivity index is 2.16. The Morgan fingerprint density at radius 3 is 3.00 bits per heavy atom. The summed E-state index contributed by atoms with van der Waals surface area (Å²) >= 11 is 0. The number of hydrogen-bond acceptors (Lipinski definition) is 5. The summed E-state index contributed by atoms with van der Waals surface area (Å²) in [5.74, 6) is 0.970. The van der Waals surface area contributed by atoms with Crippen molar-refractivity contribution in [2.24, 2.45) is 0 Å². The van der Waals surface area contributed by atoms with E-state index in [1.807, 2.05) is 6.07 Å². The van der Waals surface area contributed by atoms with Gasteiger partial charge in [-0.25, -0.2) is 0 Å². The highest BCUT2D eigenvalue weighted by atomic mass is 16.7. The van der Waals surface area contributed by atoms with Gasteiger partial charge in [0.1, 0.15) is 11.8 Å². The maximum Gasteiger partial charge on any atom is 0.203 e. The number of rotatable bonds is 6. The van der Waals surface area contributed by atoms with E-state index in [1.165, 1.54) is 0 Å². The van der Waals surface area contributed by atoms with E-state index in [4.69, 9.17) is 19.3 Å². The Morgan fingerprint density at radius 2 is 2.36 bits per heavy atom. The third-order valence-corrected chi connectivity index (χ3v) is 1.51. The van der Waals surface area contributed by atoms with E-state index in [0.29, 0.717) is 31.3 Å². The standard InChI is InChI=1S/C9H12N2O3/c1-12-4-5-13-11-7-9-3-2-8(6-10)14-9/h2-3,11H,4-5,7H2,1H3. The first-order chi connectivity index (χ1) is 6.86. The molecule has 0 aliphatic heterocycles. The van der Waals surface area contributed by atoms with E-state index < -0.39 is 0 Å². The minimum Gasteiger partial charge on any atom is -0.449 e. The smallest absolute Gasteiger partial charge is 0.203 e. The summed E-state index contributed by atoms with van der Waals surface area (Å²) in [4.78, 5) is 5.00. The molecule has 0 aliphatic rings. The fourth-order valence-corrected chi connectivity index (χ4v) is 0.852. The molecule has 0 atom stereocenters. The largest absolute Gasteiger partial charge is 0.449 e. The number of nitriles is 1. The molecule has 0 bridgehead atoms. The van der Waals surface area contributed by atoms with Gasteiger partial charge in [-0.05, 0) is 12.1 Å². The normalized spacial score (nSPS) is 10.0. The number of ether oxygens (including phenoxy) is 1. The zero-order valence-corrected chi connectivity index (χ0v) is 7.95. The lowest BCUT2D eigenvalue weighted by molar-refractivity contribution is 0.00100. The van der Waals surface area contributed by atoms with E-state index in [1.54, 1.807) is 19.2 Å². The molecule has 0 aliphatic carbocycles. The number of furan rings is 1. The monoisotopic (exact) mass is 196 g/mol. The molecular formula is C9H12N2O3. The minimum absolute atomic E-state index is 0.304. The minimum atomic E-state index is 0.304. The molecule has 0 aromatic carbocycles. The van der Waals surface area contributed by atoms with Crippen LogP contribution in [-0.2, 0) is 16.1 Å². The van der Waals surface area contributed by atoms with Crippen LogP contribution in [0.2, 0.25) is 0 Å². The molecule has 1 aromatic rings. The molecule has 1 heterocycles. The van der Waals surface area contributed by atoms with E-state index in [-0.39, 0.29) is 0 Å². The van der Waals surface area contributed by atoms with Crippen molar-refractivity contribution in [3.8, 4) is 6.07 Å². The molecule has 0 saturated heterocycles. The van der Waals surface area contributed by atoms with Crippen LogP contribution in [0.5, 0.6) is 0 Å². The number of nitrogens with one attached hydrogen (secondary N) is 1. The molecule has 0 unspecified atom stereocenters. The van der Waals surface area contributed by atoms with Crippen LogP contribution in [0.25, 0.3) is 0 Å². The zero-order valence-electron chi connectivity index (χ0n) is 7.95. The molecule has 5 nitrogen and oxygen atoms in total. The lowest BCUT2D eigenvalue weighted by atomic mass is 10.4. The van der Waals surface area contributed by atoms with Crippen LogP contribution in [0.15, 0.2) is 16.5 Å². The maximum absolute atomic E-state index is 8.48. The summed E-state index contributed by atoms with van der Waals surface area (Å²) in [6.07, 6.45) is 0. The van der Waals surface area contributed by atoms with Crippen LogP contribution in [0.4, 0.5) is 0 Å². The van der Waals surface area contributed by atoms with Gasteiger partial charge in [-0.3, -0.25) is 4.84 Å². The maximum atomic E-state index is 8.48. The van der Waals surface area contributed by atoms with E-state index in [9.17, 15) is 0 Å². The van der Waals surface area contributed by atoms with Gasteiger partial charge in [-0.15, -0.1) is 0 Å². The van der Waals surface area contributed by atoms with Gasteiger partial charge in [0.25, 0.3) is 0 Å². The van der Waals surface area contributed by atoms with Crippen molar-refractivity contribution < 1.29 is 14.0 Å². The molecule has 0 radical (unpaired) electrons. The number of methoxy groups -OCH3 is 1. The van der Waals surface area contributed by atoms with Crippen molar-refractivity contribution in [3.05, 3.63) is 23.7 Å². The summed E-state index contributed by atoms with van der Waals surface area (Å²) in [7, 11) is 1.61. The molecule has 0 saturated carbocycles. The summed E-state index contributed by atoms with van der Waals surface area (Å²) < 4.78 is 9.89. The van der Waals surface area contributed by atoms with Gasteiger partial charge in [0, 0.05) is 7.11 Å². The summed E-state index contributed by atoms with van der Waals surface area (Å²) in [6, 6.07) is 5.25. The Kier molecular flexibility index (Phi) is 4.72. The first-order valence-electron chi connectivity index (χ1n) is 4.19. The quantitative estimate of drug-likeness (QED) is 0.539. The van der Waals surface area contributed by atoms with Gasteiger partial charge in [-0.2, -0.15) is 10.7 Å². The highest BCUT2D eigenvalue weighted by molar-refractivity contribution is 5.18. The Hall–Kier alpha value is -1.35. The predicted molar refractivity (Wildman–Crippen MR) is 48.1 cm³/mol. The van der Waals surface area contributed by atoms with Crippen molar-refractivity contribution in [1.29, 1.82) is 5.26 Å². The van der Waals surface area contributed by atoms with Gasteiger partial charge in [0.2, 0.25) is 5.76 Å². The van der Waals surface area contributed by atoms with Gasteiger partial charge < -0.3 is 9.15 Å². The van der Waals surface area contributed by atoms with Gasteiger partial charge >= 0.3 is 0 Å². The van der Waals surface area contributed by atoms with Crippen LogP contribution >= 0.6 is 0 Å². The summed E-state index contributed by atoms with van der Waals surface area (Å²) in [5, 5.41) is 8.48. The Morgan fingerprint density at radius 1 is 1.50 bits per heavy atom. The summed E-state index contributed by atoms with van der Waals surface area (Å²) in [5.41, 5.74) is 2.69. The molecule has 1 aromatic heterocycles. The van der Waals surface area contributed by atoms with Crippen molar-refractivity contribution in [3.63, 3.8) is 0 Å². The first-order valence-corrected chi connectivity index (χ1v) is 4.19. The average molecular weight is 196 g/mol. The van der Waals surface area contributed by atoms with Crippen LogP contribution in [-0.4, -0.2) is 20.3 Å². The first kappa shape index (κ1) is 10.7. The summed E-state index contributed by atoms with van der Waals surface area (Å²) in [6.45, 7) is 1.45. The second-order valence-electron chi connectivity index (χ2n) is 2.54. The van der Waals surface area contributed by atoms with Crippen molar-refractivity contribution in [2.75, 3.05) is 20.3 Å². The molecule has 0 fully saturated rings. The highest BCUT2D eigenvalue weighted by Crippen LogP contribution is 2.05. The zero-order chi connectivity index (χ0) is 10.2. The topological polar surface area (TPSA) is 67.4 Å². The fourth-order valence-electron chi connectivity index (χ4n) is 0.852. The van der Waals surface area contributed by atoms with Crippen LogP contribution < -0.4 is 5.48 Å². The van der Waals surface area contributed by atoms with E-state index in [0.717, 1.165) is 0 Å². The SMILES string of the molecule is COCCONCc1ccc(C#N)o1. The molecule has 0 spiro atoms. The van der Waals surface area contributed by atoms with E-state index >= 15 is 0 Å². The van der Waals surface area contributed by atoms with Crippen molar-refractivity contribution in [1.82, 2.24) is 5.48 Å². The van der Waals surface area contributed by atoms with Gasteiger partial charge in [-0.1, -0.05) is 0 Å². The Bertz CT molecular complexity index is 303. The number of hydroxylamine groups is 1. The fraction of sp³-hybridized carbons (Fsp3) is 0.444. The van der Waals surface area contributed by atoms with E-state index in [2.05, 4.69) is 5.48 Å². The van der Waals surface area contributed by atoms with Crippen molar-refractivity contribution >= 4 is 0 Å². The molecule has 1 rings (SSSR count). The van der Waals surface area contributed by atoms with Crippen LogP contribution in [0.1, 0.15) is 11.5 Å². The molecule has 14 heavy (non-hydrogen) atoms. The Labute approximate surface area is 82.2 Å². The average Bonchev–Trinajstić information content (AvgIpc) is 2.65. The van der Waals surface area contributed by atoms with Crippen molar-refractivity contribution in [2.45, 2.75) is 6.54 Å². The van der Waals surface area contributed by atoms with Crippen LogP contribution in [0.3, 0.4) is 0 Å².